The summed E-state index contributed by atoms with van der Waals surface area (Å²) in [5.74, 6) is -0.146. The second-order valence-corrected chi connectivity index (χ2v) is 6.21. The highest BCUT2D eigenvalue weighted by Gasteiger charge is 2.38. The van der Waals surface area contributed by atoms with Crippen molar-refractivity contribution in [3.05, 3.63) is 47.1 Å². The fourth-order valence-electron chi connectivity index (χ4n) is 3.26. The Bertz CT molecular complexity index is 850. The van der Waals surface area contributed by atoms with Gasteiger partial charge in [-0.05, 0) is 31.0 Å². The third-order valence-electron chi connectivity index (χ3n) is 4.50. The maximum absolute atomic E-state index is 13.8. The second kappa shape index (κ2) is 5.87. The van der Waals surface area contributed by atoms with Crippen LogP contribution < -0.4 is 4.90 Å². The van der Waals surface area contributed by atoms with E-state index in [4.69, 9.17) is 9.26 Å². The summed E-state index contributed by atoms with van der Waals surface area (Å²) >= 11 is 0. The molecule has 1 aromatic carbocycles. The lowest BCUT2D eigenvalue weighted by Gasteiger charge is -2.32. The Kier molecular flexibility index (Phi) is 3.67. The molecule has 1 aromatic heterocycles. The van der Waals surface area contributed by atoms with E-state index >= 15 is 0 Å². The van der Waals surface area contributed by atoms with Crippen LogP contribution in [0.2, 0.25) is 0 Å². The molecule has 130 valence electrons. The number of ether oxygens (including phenoxy) is 1. The molecular formula is C17H16FN3O4. The van der Waals surface area contributed by atoms with Gasteiger partial charge in [0.05, 0.1) is 11.7 Å². The number of nitrogens with zero attached hydrogens (tertiary/aromatic N) is 3. The molecule has 0 bridgehead atoms. The zero-order valence-electron chi connectivity index (χ0n) is 13.6. The van der Waals surface area contributed by atoms with Crippen molar-refractivity contribution >= 4 is 17.7 Å². The van der Waals surface area contributed by atoms with Gasteiger partial charge in [-0.25, -0.2) is 9.18 Å². The molecule has 1 atom stereocenters. The van der Waals surface area contributed by atoms with Gasteiger partial charge in [0.15, 0.2) is 5.69 Å². The van der Waals surface area contributed by atoms with E-state index in [-0.39, 0.29) is 30.8 Å². The first kappa shape index (κ1) is 15.6. The van der Waals surface area contributed by atoms with Crippen molar-refractivity contribution in [2.75, 3.05) is 18.1 Å². The minimum absolute atomic E-state index is 0.222. The molecule has 2 amide bonds. The standard InChI is InChI=1S/C17H16FN3O4/c1-10-6-14(19-25-10)16(22)20-5-4-13-9-24-17(23)21(13)15-7-12(18)3-2-11(15)8-20/h2-3,6-7,13H,4-5,8-9H2,1H3. The van der Waals surface area contributed by atoms with E-state index in [0.29, 0.717) is 30.0 Å². The first-order valence-corrected chi connectivity index (χ1v) is 8.00. The van der Waals surface area contributed by atoms with Crippen molar-refractivity contribution in [3.63, 3.8) is 0 Å². The molecule has 0 aliphatic carbocycles. The molecule has 0 saturated carbocycles. The minimum atomic E-state index is -0.483. The zero-order valence-corrected chi connectivity index (χ0v) is 13.6. The average Bonchev–Trinajstić information content (AvgIpc) is 3.16. The number of hydrogen-bond donors (Lipinski definition) is 0. The van der Waals surface area contributed by atoms with E-state index in [2.05, 4.69) is 5.16 Å². The van der Waals surface area contributed by atoms with E-state index in [1.54, 1.807) is 24.0 Å². The third kappa shape index (κ3) is 2.73. The number of carbonyl (C=O) groups excluding carboxylic acids is 2. The predicted octanol–water partition coefficient (Wildman–Crippen LogP) is 2.49. The van der Waals surface area contributed by atoms with Crippen molar-refractivity contribution in [1.29, 1.82) is 0 Å². The van der Waals surface area contributed by atoms with Gasteiger partial charge in [0.25, 0.3) is 5.91 Å². The number of hydrogen-bond acceptors (Lipinski definition) is 5. The molecule has 0 N–H and O–H groups in total. The summed E-state index contributed by atoms with van der Waals surface area (Å²) in [6, 6.07) is 5.57. The van der Waals surface area contributed by atoms with Gasteiger partial charge < -0.3 is 14.2 Å². The van der Waals surface area contributed by atoms with Gasteiger partial charge in [-0.3, -0.25) is 9.69 Å². The summed E-state index contributed by atoms with van der Waals surface area (Å²) in [6.07, 6.45) is 0.0494. The number of cyclic esters (lactones) is 1. The average molecular weight is 345 g/mol. The fourth-order valence-corrected chi connectivity index (χ4v) is 3.26. The molecule has 8 heteroatoms. The number of anilines is 1. The predicted molar refractivity (Wildman–Crippen MR) is 84.6 cm³/mol. The number of amides is 2. The second-order valence-electron chi connectivity index (χ2n) is 6.21. The van der Waals surface area contributed by atoms with Gasteiger partial charge in [-0.2, -0.15) is 0 Å². The summed E-state index contributed by atoms with van der Waals surface area (Å²) in [7, 11) is 0. The van der Waals surface area contributed by atoms with Crippen LogP contribution in [0.25, 0.3) is 0 Å². The van der Waals surface area contributed by atoms with E-state index < -0.39 is 11.9 Å². The topological polar surface area (TPSA) is 75.9 Å². The maximum atomic E-state index is 13.8. The van der Waals surface area contributed by atoms with E-state index in [1.165, 1.54) is 17.0 Å². The number of benzene rings is 1. The number of aromatic nitrogens is 1. The van der Waals surface area contributed by atoms with Crippen molar-refractivity contribution in [3.8, 4) is 0 Å². The Morgan fingerprint density at radius 3 is 2.96 bits per heavy atom. The smallest absolute Gasteiger partial charge is 0.414 e. The van der Waals surface area contributed by atoms with Gasteiger partial charge >= 0.3 is 6.09 Å². The van der Waals surface area contributed by atoms with Crippen LogP contribution in [0.4, 0.5) is 14.9 Å². The van der Waals surface area contributed by atoms with Gasteiger partial charge in [0.2, 0.25) is 0 Å². The molecule has 2 aliphatic heterocycles. The van der Waals surface area contributed by atoms with Crippen LogP contribution in [0, 0.1) is 12.7 Å². The molecule has 0 radical (unpaired) electrons. The van der Waals surface area contributed by atoms with Crippen LogP contribution in [0.1, 0.15) is 28.2 Å². The molecule has 0 spiro atoms. The Hall–Kier alpha value is -2.90. The first-order chi connectivity index (χ1) is 12.0. The lowest BCUT2D eigenvalue weighted by Crippen LogP contribution is -2.42. The Morgan fingerprint density at radius 2 is 2.20 bits per heavy atom. The summed E-state index contributed by atoms with van der Waals surface area (Å²) in [4.78, 5) is 27.9. The van der Waals surface area contributed by atoms with Gasteiger partial charge in [0.1, 0.15) is 18.2 Å². The molecule has 1 saturated heterocycles. The molecule has 1 unspecified atom stereocenters. The highest BCUT2D eigenvalue weighted by molar-refractivity contribution is 5.94. The van der Waals surface area contributed by atoms with Crippen LogP contribution in [0.5, 0.6) is 0 Å². The van der Waals surface area contributed by atoms with Crippen LogP contribution in [0.3, 0.4) is 0 Å². The van der Waals surface area contributed by atoms with Crippen LogP contribution in [0.15, 0.2) is 28.8 Å². The van der Waals surface area contributed by atoms with Crippen LogP contribution in [-0.2, 0) is 11.3 Å². The third-order valence-corrected chi connectivity index (χ3v) is 4.50. The monoisotopic (exact) mass is 345 g/mol. The SMILES string of the molecule is Cc1cc(C(=O)N2CCC3COC(=O)N3c3cc(F)ccc3C2)no1. The molecule has 4 rings (SSSR count). The normalized spacial score (nSPS) is 19.8. The molecule has 1 fully saturated rings. The van der Waals surface area contributed by atoms with E-state index in [1.807, 2.05) is 0 Å². The van der Waals surface area contributed by atoms with Crippen molar-refractivity contribution < 1.29 is 23.2 Å². The highest BCUT2D eigenvalue weighted by Crippen LogP contribution is 2.32. The summed E-state index contributed by atoms with van der Waals surface area (Å²) in [5, 5.41) is 3.78. The zero-order chi connectivity index (χ0) is 17.6. The quantitative estimate of drug-likeness (QED) is 0.794. The minimum Gasteiger partial charge on any atom is -0.447 e. The number of rotatable bonds is 1. The van der Waals surface area contributed by atoms with E-state index in [9.17, 15) is 14.0 Å². The molecular weight excluding hydrogens is 329 g/mol. The summed E-state index contributed by atoms with van der Waals surface area (Å²) in [6.45, 7) is 2.62. The van der Waals surface area contributed by atoms with Crippen molar-refractivity contribution in [1.82, 2.24) is 10.1 Å². The Morgan fingerprint density at radius 1 is 1.36 bits per heavy atom. The van der Waals surface area contributed by atoms with Crippen molar-refractivity contribution in [2.24, 2.45) is 0 Å². The summed E-state index contributed by atoms with van der Waals surface area (Å²) in [5.41, 5.74) is 1.36. The first-order valence-electron chi connectivity index (χ1n) is 8.00. The highest BCUT2D eigenvalue weighted by atomic mass is 19.1. The number of carbonyl (C=O) groups is 2. The number of fused-ring (bicyclic) bond motifs is 3. The molecule has 2 aromatic rings. The van der Waals surface area contributed by atoms with Gasteiger partial charge in [-0.15, -0.1) is 0 Å². The number of halogens is 1. The maximum Gasteiger partial charge on any atom is 0.414 e. The fraction of sp³-hybridized carbons (Fsp3) is 0.353. The molecule has 2 aliphatic rings. The lowest BCUT2D eigenvalue weighted by atomic mass is 10.0. The molecule has 3 heterocycles. The Balaban J connectivity index is 1.71. The van der Waals surface area contributed by atoms with Gasteiger partial charge in [-0.1, -0.05) is 11.2 Å². The van der Waals surface area contributed by atoms with Crippen LogP contribution >= 0.6 is 0 Å². The summed E-state index contributed by atoms with van der Waals surface area (Å²) < 4.78 is 23.9. The van der Waals surface area contributed by atoms with E-state index in [0.717, 1.165) is 0 Å². The molecule has 7 nitrogen and oxygen atoms in total. The lowest BCUT2D eigenvalue weighted by molar-refractivity contribution is 0.0724. The van der Waals surface area contributed by atoms with Gasteiger partial charge in [0, 0.05) is 19.2 Å². The van der Waals surface area contributed by atoms with Crippen LogP contribution in [-0.4, -0.2) is 41.3 Å². The molecule has 25 heavy (non-hydrogen) atoms. The number of aryl methyl sites for hydroxylation is 1. The largest absolute Gasteiger partial charge is 0.447 e. The Labute approximate surface area is 142 Å². The van der Waals surface area contributed by atoms with Crippen molar-refractivity contribution in [2.45, 2.75) is 25.9 Å².